The Balaban J connectivity index is 1.51. The molecule has 0 aliphatic carbocycles. The third-order valence-electron chi connectivity index (χ3n) is 4.82. The van der Waals surface area contributed by atoms with Gasteiger partial charge in [0.1, 0.15) is 0 Å². The Bertz CT molecular complexity index is 855. The minimum absolute atomic E-state index is 0.129. The molecule has 1 unspecified atom stereocenters. The number of hydrogen-bond donors (Lipinski definition) is 0. The van der Waals surface area contributed by atoms with Crippen LogP contribution in [0, 0.1) is 5.92 Å². The number of para-hydroxylation sites is 1. The SMILES string of the molecule is O=C(c1ccnc2ccccc12)N1CCC(Cc2ccccc2)C1. The van der Waals surface area contributed by atoms with Gasteiger partial charge < -0.3 is 4.90 Å². The molecule has 0 bridgehead atoms. The Hall–Kier alpha value is -2.68. The zero-order valence-corrected chi connectivity index (χ0v) is 13.6. The van der Waals surface area contributed by atoms with Crippen molar-refractivity contribution < 1.29 is 4.79 Å². The Morgan fingerprint density at radius 2 is 1.83 bits per heavy atom. The second-order valence-electron chi connectivity index (χ2n) is 6.47. The van der Waals surface area contributed by atoms with Gasteiger partial charge in [0.2, 0.25) is 0 Å². The second kappa shape index (κ2) is 6.44. The van der Waals surface area contributed by atoms with E-state index in [0.717, 1.165) is 42.4 Å². The molecule has 0 saturated carbocycles. The Labute approximate surface area is 141 Å². The zero-order valence-electron chi connectivity index (χ0n) is 13.6. The van der Waals surface area contributed by atoms with Crippen LogP contribution in [0.3, 0.4) is 0 Å². The number of pyridine rings is 1. The first kappa shape index (κ1) is 14.9. The lowest BCUT2D eigenvalue weighted by atomic mass is 9.99. The normalized spacial score (nSPS) is 17.3. The highest BCUT2D eigenvalue weighted by Gasteiger charge is 2.27. The van der Waals surface area contributed by atoms with Gasteiger partial charge >= 0.3 is 0 Å². The average molecular weight is 316 g/mol. The zero-order chi connectivity index (χ0) is 16.4. The third kappa shape index (κ3) is 2.90. The molecule has 1 fully saturated rings. The van der Waals surface area contributed by atoms with Crippen molar-refractivity contribution in [3.63, 3.8) is 0 Å². The van der Waals surface area contributed by atoms with Crippen LogP contribution in [0.1, 0.15) is 22.3 Å². The molecule has 3 heteroatoms. The van der Waals surface area contributed by atoms with E-state index in [-0.39, 0.29) is 5.91 Å². The van der Waals surface area contributed by atoms with Crippen molar-refractivity contribution in [1.29, 1.82) is 0 Å². The van der Waals surface area contributed by atoms with Crippen LogP contribution in [-0.2, 0) is 6.42 Å². The highest BCUT2D eigenvalue weighted by Crippen LogP contribution is 2.24. The summed E-state index contributed by atoms with van der Waals surface area (Å²) in [7, 11) is 0. The lowest BCUT2D eigenvalue weighted by molar-refractivity contribution is 0.0789. The quantitative estimate of drug-likeness (QED) is 0.733. The first-order chi connectivity index (χ1) is 11.8. The smallest absolute Gasteiger partial charge is 0.254 e. The van der Waals surface area contributed by atoms with Gasteiger partial charge in [-0.3, -0.25) is 9.78 Å². The molecule has 3 nitrogen and oxygen atoms in total. The number of aromatic nitrogens is 1. The average Bonchev–Trinajstić information content (AvgIpc) is 3.10. The van der Waals surface area contributed by atoms with Crippen molar-refractivity contribution in [3.05, 3.63) is 78.0 Å². The number of hydrogen-bond acceptors (Lipinski definition) is 2. The Morgan fingerprint density at radius 3 is 2.71 bits per heavy atom. The summed E-state index contributed by atoms with van der Waals surface area (Å²) in [6, 6.07) is 20.2. The number of carbonyl (C=O) groups excluding carboxylic acids is 1. The number of rotatable bonds is 3. The van der Waals surface area contributed by atoms with Gasteiger partial charge in [-0.1, -0.05) is 48.5 Å². The van der Waals surface area contributed by atoms with E-state index < -0.39 is 0 Å². The number of amides is 1. The van der Waals surface area contributed by atoms with E-state index in [4.69, 9.17) is 0 Å². The molecule has 1 atom stereocenters. The van der Waals surface area contributed by atoms with Crippen LogP contribution in [0.15, 0.2) is 66.9 Å². The summed E-state index contributed by atoms with van der Waals surface area (Å²) in [5, 5.41) is 0.941. The van der Waals surface area contributed by atoms with Gasteiger partial charge in [-0.15, -0.1) is 0 Å². The molecule has 1 aliphatic rings. The molecule has 2 heterocycles. The van der Waals surface area contributed by atoms with E-state index in [0.29, 0.717) is 5.92 Å². The molecule has 1 saturated heterocycles. The minimum atomic E-state index is 0.129. The molecule has 24 heavy (non-hydrogen) atoms. The fraction of sp³-hybridized carbons (Fsp3) is 0.238. The highest BCUT2D eigenvalue weighted by atomic mass is 16.2. The van der Waals surface area contributed by atoms with Crippen LogP contribution in [-0.4, -0.2) is 28.9 Å². The summed E-state index contributed by atoms with van der Waals surface area (Å²) in [5.74, 6) is 0.675. The van der Waals surface area contributed by atoms with Crippen LogP contribution in [0.2, 0.25) is 0 Å². The summed E-state index contributed by atoms with van der Waals surface area (Å²) in [5.41, 5.74) is 3.00. The molecule has 0 radical (unpaired) electrons. The molecule has 2 aromatic carbocycles. The van der Waals surface area contributed by atoms with Crippen LogP contribution in [0.25, 0.3) is 10.9 Å². The summed E-state index contributed by atoms with van der Waals surface area (Å²) in [6.07, 6.45) is 3.85. The van der Waals surface area contributed by atoms with Crippen molar-refractivity contribution >= 4 is 16.8 Å². The van der Waals surface area contributed by atoms with Crippen molar-refractivity contribution in [1.82, 2.24) is 9.88 Å². The monoisotopic (exact) mass is 316 g/mol. The Morgan fingerprint density at radius 1 is 1.04 bits per heavy atom. The van der Waals surface area contributed by atoms with Gasteiger partial charge in [-0.05, 0) is 36.5 Å². The van der Waals surface area contributed by atoms with Gasteiger partial charge in [0.05, 0.1) is 11.1 Å². The number of benzene rings is 2. The topological polar surface area (TPSA) is 33.2 Å². The van der Waals surface area contributed by atoms with Gasteiger partial charge in [0.25, 0.3) is 5.91 Å². The molecule has 1 aliphatic heterocycles. The summed E-state index contributed by atoms with van der Waals surface area (Å²) < 4.78 is 0. The molecule has 1 amide bonds. The van der Waals surface area contributed by atoms with Crippen molar-refractivity contribution in [2.75, 3.05) is 13.1 Å². The number of likely N-dealkylation sites (tertiary alicyclic amines) is 1. The molecule has 4 rings (SSSR count). The van der Waals surface area contributed by atoms with Gasteiger partial charge in [-0.2, -0.15) is 0 Å². The van der Waals surface area contributed by atoms with E-state index in [1.54, 1.807) is 6.20 Å². The first-order valence-corrected chi connectivity index (χ1v) is 8.48. The van der Waals surface area contributed by atoms with E-state index in [1.807, 2.05) is 41.3 Å². The number of carbonyl (C=O) groups is 1. The van der Waals surface area contributed by atoms with Crippen molar-refractivity contribution in [2.45, 2.75) is 12.8 Å². The molecule has 3 aromatic rings. The molecular weight excluding hydrogens is 296 g/mol. The van der Waals surface area contributed by atoms with Crippen molar-refractivity contribution in [2.24, 2.45) is 5.92 Å². The lowest BCUT2D eigenvalue weighted by Gasteiger charge is -2.17. The second-order valence-corrected chi connectivity index (χ2v) is 6.47. The van der Waals surface area contributed by atoms with Crippen LogP contribution < -0.4 is 0 Å². The van der Waals surface area contributed by atoms with Crippen molar-refractivity contribution in [3.8, 4) is 0 Å². The summed E-state index contributed by atoms with van der Waals surface area (Å²) in [6.45, 7) is 1.68. The summed E-state index contributed by atoms with van der Waals surface area (Å²) >= 11 is 0. The minimum Gasteiger partial charge on any atom is -0.338 e. The summed E-state index contributed by atoms with van der Waals surface area (Å²) in [4.78, 5) is 19.3. The third-order valence-corrected chi connectivity index (χ3v) is 4.82. The van der Waals surface area contributed by atoms with E-state index in [2.05, 4.69) is 29.2 Å². The predicted octanol–water partition coefficient (Wildman–Crippen LogP) is 3.94. The van der Waals surface area contributed by atoms with Crippen LogP contribution >= 0.6 is 0 Å². The molecular formula is C21H20N2O. The number of fused-ring (bicyclic) bond motifs is 1. The molecule has 0 spiro atoms. The molecule has 0 N–H and O–H groups in total. The van der Waals surface area contributed by atoms with Crippen LogP contribution in [0.4, 0.5) is 0 Å². The maximum Gasteiger partial charge on any atom is 0.254 e. The molecule has 120 valence electrons. The predicted molar refractivity (Wildman–Crippen MR) is 95.9 cm³/mol. The maximum absolute atomic E-state index is 13.0. The van der Waals surface area contributed by atoms with Gasteiger partial charge in [0.15, 0.2) is 0 Å². The largest absolute Gasteiger partial charge is 0.338 e. The Kier molecular flexibility index (Phi) is 3.99. The number of nitrogens with zero attached hydrogens (tertiary/aromatic N) is 2. The van der Waals surface area contributed by atoms with Gasteiger partial charge in [0, 0.05) is 24.7 Å². The fourth-order valence-corrected chi connectivity index (χ4v) is 3.58. The van der Waals surface area contributed by atoms with E-state index in [9.17, 15) is 4.79 Å². The maximum atomic E-state index is 13.0. The molecule has 1 aromatic heterocycles. The van der Waals surface area contributed by atoms with E-state index >= 15 is 0 Å². The van der Waals surface area contributed by atoms with Gasteiger partial charge in [-0.25, -0.2) is 0 Å². The van der Waals surface area contributed by atoms with E-state index in [1.165, 1.54) is 5.56 Å². The highest BCUT2D eigenvalue weighted by molar-refractivity contribution is 6.06. The lowest BCUT2D eigenvalue weighted by Crippen LogP contribution is -2.29. The first-order valence-electron chi connectivity index (χ1n) is 8.48. The van der Waals surface area contributed by atoms with Crippen LogP contribution in [0.5, 0.6) is 0 Å². The standard InChI is InChI=1S/C21H20N2O/c24-21(19-10-12-22-20-9-5-4-8-18(19)20)23-13-11-17(15-23)14-16-6-2-1-3-7-16/h1-10,12,17H,11,13-15H2. The fourth-order valence-electron chi connectivity index (χ4n) is 3.58.